The van der Waals surface area contributed by atoms with Gasteiger partial charge in [-0.2, -0.15) is 0 Å². The van der Waals surface area contributed by atoms with Crippen LogP contribution in [-0.4, -0.2) is 86.3 Å². The Hall–Kier alpha value is -4.55. The third kappa shape index (κ3) is 7.27. The number of nitrogens with two attached hydrogens (primary N) is 2. The van der Waals surface area contributed by atoms with Gasteiger partial charge in [0.2, 0.25) is 11.8 Å². The van der Waals surface area contributed by atoms with Gasteiger partial charge in [-0.15, -0.1) is 11.8 Å². The molecular weight excluding hydrogens is 546 g/mol. The Balaban J connectivity index is 1.69. The number of anilines is 1. The van der Waals surface area contributed by atoms with Crippen molar-refractivity contribution in [3.8, 4) is 0 Å². The zero-order valence-electron chi connectivity index (χ0n) is 19.8. The van der Waals surface area contributed by atoms with Crippen molar-refractivity contribution in [2.75, 3.05) is 18.5 Å². The summed E-state index contributed by atoms with van der Waals surface area (Å²) in [6, 6.07) is 3.90. The predicted octanol–water partition coefficient (Wildman–Crippen LogP) is -0.571. The van der Waals surface area contributed by atoms with Crippen LogP contribution in [0.1, 0.15) is 18.1 Å². The normalized spacial score (nSPS) is 19.5. The van der Waals surface area contributed by atoms with E-state index in [1.165, 1.54) is 24.3 Å². The van der Waals surface area contributed by atoms with E-state index >= 15 is 0 Å². The van der Waals surface area contributed by atoms with Crippen molar-refractivity contribution in [1.29, 1.82) is 0 Å². The molecule has 0 radical (unpaired) electrons. The minimum absolute atomic E-state index is 0.0230. The molecule has 39 heavy (non-hydrogen) atoms. The number of hydrogen-bond donors (Lipinski definition) is 7. The monoisotopic (exact) mass is 569 g/mol. The number of carbonyl (C=O) groups is 6. The molecule has 18 heteroatoms. The number of nitrogens with zero attached hydrogens (tertiary/aromatic N) is 1. The fourth-order valence-electron chi connectivity index (χ4n) is 3.35. The van der Waals surface area contributed by atoms with Crippen LogP contribution < -0.4 is 22.1 Å². The summed E-state index contributed by atoms with van der Waals surface area (Å²) < 4.78 is 14.2. The number of ether oxygens (including phenoxy) is 3. The van der Waals surface area contributed by atoms with Crippen molar-refractivity contribution in [2.24, 2.45) is 11.5 Å². The number of β-lactam (4-membered cyclic amide) rings is 1. The van der Waals surface area contributed by atoms with Crippen LogP contribution in [0.25, 0.3) is 0 Å². The van der Waals surface area contributed by atoms with Crippen LogP contribution in [-0.2, 0) is 28.6 Å². The van der Waals surface area contributed by atoms with Crippen molar-refractivity contribution in [3.63, 3.8) is 0 Å². The number of aliphatic hydroxyl groups is 1. The summed E-state index contributed by atoms with van der Waals surface area (Å²) in [6.45, 7) is -1.18. The maximum absolute atomic E-state index is 12.8. The molecule has 2 unspecified atom stereocenters. The molecule has 1 fully saturated rings. The first-order chi connectivity index (χ1) is 18.4. The summed E-state index contributed by atoms with van der Waals surface area (Å²) in [5.74, 6) is -3.17. The molecule has 0 aromatic heterocycles. The maximum atomic E-state index is 12.8. The van der Waals surface area contributed by atoms with Gasteiger partial charge in [-0.05, 0) is 17.7 Å². The van der Waals surface area contributed by atoms with E-state index in [1.807, 2.05) is 0 Å². The van der Waals surface area contributed by atoms with Crippen molar-refractivity contribution >= 4 is 53.6 Å². The number of primary amides is 1. The summed E-state index contributed by atoms with van der Waals surface area (Å²) in [4.78, 5) is 70.7. The highest BCUT2D eigenvalue weighted by Crippen LogP contribution is 2.43. The Morgan fingerprint density at radius 2 is 1.79 bits per heavy atom. The Morgan fingerprint density at radius 3 is 2.36 bits per heavy atom. The van der Waals surface area contributed by atoms with Gasteiger partial charge < -0.3 is 46.3 Å². The quantitative estimate of drug-likeness (QED) is 0.106. The van der Waals surface area contributed by atoms with E-state index in [0.717, 1.165) is 16.7 Å². The lowest BCUT2D eigenvalue weighted by molar-refractivity contribution is -0.142. The van der Waals surface area contributed by atoms with E-state index in [0.29, 0.717) is 0 Å². The highest BCUT2D eigenvalue weighted by atomic mass is 32.2. The number of amides is 4. The molecule has 2 heterocycles. The highest BCUT2D eigenvalue weighted by molar-refractivity contribution is 8.00. The molecule has 4 amide bonds. The SMILES string of the molecule is NC(=O)OCC1=C(OC(=O)O)N2C(=O)C[C@@H]2SC1NC(=O)C(O)c1ccc(NC(=O)OC[C@@H](N)C(=O)O)cc1. The molecule has 0 spiro atoms. The zero-order chi connectivity index (χ0) is 28.9. The van der Waals surface area contributed by atoms with Gasteiger partial charge in [0.15, 0.2) is 6.10 Å². The summed E-state index contributed by atoms with van der Waals surface area (Å²) in [7, 11) is 0. The van der Waals surface area contributed by atoms with E-state index in [4.69, 9.17) is 31.2 Å². The first-order valence-corrected chi connectivity index (χ1v) is 11.9. The summed E-state index contributed by atoms with van der Waals surface area (Å²) in [5.41, 5.74) is 10.4. The molecule has 3 rings (SSSR count). The third-order valence-corrected chi connectivity index (χ3v) is 6.63. The second kappa shape index (κ2) is 12.3. The van der Waals surface area contributed by atoms with Gasteiger partial charge in [-0.25, -0.2) is 14.4 Å². The van der Waals surface area contributed by atoms with Gasteiger partial charge in [-0.1, -0.05) is 12.1 Å². The molecule has 17 nitrogen and oxygen atoms in total. The molecule has 0 aliphatic carbocycles. The molecule has 210 valence electrons. The fourth-order valence-corrected chi connectivity index (χ4v) is 4.76. The molecule has 2 aliphatic heterocycles. The minimum Gasteiger partial charge on any atom is -0.480 e. The number of carboxylic acids is 1. The molecule has 2 aliphatic rings. The summed E-state index contributed by atoms with van der Waals surface area (Å²) in [5, 5.41) is 31.5. The van der Waals surface area contributed by atoms with Crippen LogP contribution in [0.5, 0.6) is 0 Å². The van der Waals surface area contributed by atoms with Gasteiger partial charge in [0.05, 0.1) is 17.4 Å². The molecule has 1 aromatic carbocycles. The molecule has 1 saturated heterocycles. The number of aliphatic hydroxyl groups excluding tert-OH is 1. The second-order valence-electron chi connectivity index (χ2n) is 7.95. The molecule has 0 saturated carbocycles. The number of nitrogens with one attached hydrogen (secondary N) is 2. The number of thioether (sulfide) groups is 1. The number of hydrogen-bond acceptors (Lipinski definition) is 12. The Labute approximate surface area is 223 Å². The number of aliphatic carboxylic acids is 1. The average molecular weight is 570 g/mol. The predicted molar refractivity (Wildman–Crippen MR) is 128 cm³/mol. The van der Waals surface area contributed by atoms with Crippen molar-refractivity contribution in [1.82, 2.24) is 10.2 Å². The molecule has 1 aromatic rings. The van der Waals surface area contributed by atoms with Crippen molar-refractivity contribution < 1.29 is 58.3 Å². The summed E-state index contributed by atoms with van der Waals surface area (Å²) >= 11 is 1.03. The number of rotatable bonds is 10. The van der Waals surface area contributed by atoms with Gasteiger partial charge in [-0.3, -0.25) is 24.6 Å². The Kier molecular flexibility index (Phi) is 9.17. The Morgan fingerprint density at radius 1 is 1.13 bits per heavy atom. The van der Waals surface area contributed by atoms with Crippen LogP contribution in [0.4, 0.5) is 20.1 Å². The highest BCUT2D eigenvalue weighted by Gasteiger charge is 2.49. The minimum atomic E-state index is -1.75. The lowest BCUT2D eigenvalue weighted by Gasteiger charge is -2.46. The largest absolute Gasteiger partial charge is 0.512 e. The van der Waals surface area contributed by atoms with Gasteiger partial charge in [0.1, 0.15) is 24.6 Å². The first-order valence-electron chi connectivity index (χ1n) is 10.9. The van der Waals surface area contributed by atoms with E-state index < -0.39 is 78.1 Å². The lowest BCUT2D eigenvalue weighted by atomic mass is 10.1. The Bertz CT molecular complexity index is 1210. The van der Waals surface area contributed by atoms with E-state index in [2.05, 4.69) is 15.4 Å². The van der Waals surface area contributed by atoms with E-state index in [1.54, 1.807) is 0 Å². The number of carbonyl (C=O) groups excluding carboxylic acids is 4. The van der Waals surface area contributed by atoms with Crippen LogP contribution in [0, 0.1) is 0 Å². The van der Waals surface area contributed by atoms with Gasteiger partial charge >= 0.3 is 24.3 Å². The van der Waals surface area contributed by atoms with Crippen LogP contribution in [0.15, 0.2) is 35.7 Å². The van der Waals surface area contributed by atoms with Crippen molar-refractivity contribution in [3.05, 3.63) is 41.3 Å². The lowest BCUT2D eigenvalue weighted by Crippen LogP contribution is -2.57. The summed E-state index contributed by atoms with van der Waals surface area (Å²) in [6.07, 6.45) is -5.64. The van der Waals surface area contributed by atoms with Gasteiger partial charge in [0.25, 0.3) is 5.91 Å². The van der Waals surface area contributed by atoms with Gasteiger partial charge in [0, 0.05) is 5.69 Å². The topological polar surface area (TPSA) is 270 Å². The molecule has 0 bridgehead atoms. The van der Waals surface area contributed by atoms with E-state index in [9.17, 15) is 33.9 Å². The maximum Gasteiger partial charge on any atom is 0.512 e. The first kappa shape index (κ1) is 29.0. The second-order valence-corrected chi connectivity index (χ2v) is 9.23. The number of carboxylic acid groups (broad SMARTS) is 2. The number of fused-ring (bicyclic) bond motifs is 1. The third-order valence-electron chi connectivity index (χ3n) is 5.27. The standard InChI is InChI=1S/C21H23N5O12S/c22-11(18(30)31)7-37-20(33)24-9-3-1-8(2-4-9)14(28)15(29)25-16-10(6-36-19(23)32)17(38-21(34)35)26-12(27)5-13(26)39-16/h1-4,11,13-14,16,28H,5-7,22H2,(H2,23,32)(H,24,33)(H,25,29)(H,30,31)(H,34,35)/t11-,13+,14?,16?/m1/s1. The molecular formula is C21H23N5O12S. The van der Waals surface area contributed by atoms with Crippen LogP contribution >= 0.6 is 11.8 Å². The smallest absolute Gasteiger partial charge is 0.480 e. The van der Waals surface area contributed by atoms with Crippen LogP contribution in [0.2, 0.25) is 0 Å². The molecule has 9 N–H and O–H groups in total. The average Bonchev–Trinajstić information content (AvgIpc) is 2.85. The fraction of sp³-hybridized carbons (Fsp3) is 0.333. The zero-order valence-corrected chi connectivity index (χ0v) is 20.6. The van der Waals surface area contributed by atoms with E-state index in [-0.39, 0.29) is 23.2 Å². The van der Waals surface area contributed by atoms with Crippen LogP contribution in [0.3, 0.4) is 0 Å². The molecule has 4 atom stereocenters. The number of benzene rings is 1. The van der Waals surface area contributed by atoms with Crippen molar-refractivity contribution in [2.45, 2.75) is 29.3 Å².